The monoisotopic (exact) mass is 392 g/mol. The van der Waals surface area contributed by atoms with Crippen LogP contribution in [0.25, 0.3) is 0 Å². The van der Waals surface area contributed by atoms with Crippen LogP contribution >= 0.6 is 0 Å². The molecule has 0 spiro atoms. The lowest BCUT2D eigenvalue weighted by Crippen LogP contribution is -2.55. The standard InChI is InChI=1S/C25H32N2O2/c1-4-6-7-8-11-19-29-21-16-14-20(15-17-21)25(3)26-23-13-10-9-12-22(23)24(28)27(25)18-5-2/h5,9-10,12-17,26H,2,4,6-8,11,18-19H2,1,3H3. The summed E-state index contributed by atoms with van der Waals surface area (Å²) in [5.41, 5.74) is 1.90. The molecule has 3 rings (SSSR count). The van der Waals surface area contributed by atoms with Gasteiger partial charge in [-0.3, -0.25) is 4.79 Å². The number of para-hydroxylation sites is 1. The highest BCUT2D eigenvalue weighted by atomic mass is 16.5. The highest BCUT2D eigenvalue weighted by Gasteiger charge is 2.41. The summed E-state index contributed by atoms with van der Waals surface area (Å²) >= 11 is 0. The number of nitrogens with zero attached hydrogens (tertiary/aromatic N) is 1. The fraction of sp³-hybridized carbons (Fsp3) is 0.400. The number of hydrogen-bond acceptors (Lipinski definition) is 3. The van der Waals surface area contributed by atoms with Gasteiger partial charge in [0.1, 0.15) is 11.4 Å². The van der Waals surface area contributed by atoms with Gasteiger partial charge in [0.25, 0.3) is 5.91 Å². The molecule has 0 aromatic heterocycles. The van der Waals surface area contributed by atoms with Crippen LogP contribution in [0.15, 0.2) is 61.2 Å². The third kappa shape index (κ3) is 4.64. The van der Waals surface area contributed by atoms with Crippen LogP contribution in [0.4, 0.5) is 5.69 Å². The number of amides is 1. The molecular formula is C25H32N2O2. The molecule has 4 heteroatoms. The molecule has 0 bridgehead atoms. The van der Waals surface area contributed by atoms with Crippen molar-refractivity contribution in [3.05, 3.63) is 72.3 Å². The number of hydrogen-bond donors (Lipinski definition) is 1. The smallest absolute Gasteiger partial charge is 0.258 e. The second-order valence-electron chi connectivity index (χ2n) is 7.73. The molecule has 0 aliphatic carbocycles. The van der Waals surface area contributed by atoms with Crippen molar-refractivity contribution in [3.8, 4) is 5.75 Å². The minimum absolute atomic E-state index is 0.00848. The van der Waals surface area contributed by atoms with Gasteiger partial charge in [-0.15, -0.1) is 6.58 Å². The molecule has 2 aromatic rings. The Morgan fingerprint density at radius 1 is 1.07 bits per heavy atom. The molecule has 1 heterocycles. The summed E-state index contributed by atoms with van der Waals surface area (Å²) < 4.78 is 5.90. The Hall–Kier alpha value is -2.75. The Bertz CT molecular complexity index is 831. The number of nitrogens with one attached hydrogen (secondary N) is 1. The van der Waals surface area contributed by atoms with E-state index in [9.17, 15) is 4.79 Å². The summed E-state index contributed by atoms with van der Waals surface area (Å²) in [5.74, 6) is 0.875. The minimum Gasteiger partial charge on any atom is -0.494 e. The van der Waals surface area contributed by atoms with Crippen molar-refractivity contribution in [2.45, 2.75) is 51.6 Å². The third-order valence-electron chi connectivity index (χ3n) is 5.57. The molecule has 29 heavy (non-hydrogen) atoms. The minimum atomic E-state index is -0.654. The molecule has 1 N–H and O–H groups in total. The average molecular weight is 393 g/mol. The first-order valence-electron chi connectivity index (χ1n) is 10.6. The molecule has 4 nitrogen and oxygen atoms in total. The lowest BCUT2D eigenvalue weighted by molar-refractivity contribution is 0.0572. The molecule has 1 atom stereocenters. The number of unbranched alkanes of at least 4 members (excludes halogenated alkanes) is 4. The van der Waals surface area contributed by atoms with Crippen LogP contribution in [-0.2, 0) is 5.66 Å². The molecule has 2 aromatic carbocycles. The average Bonchev–Trinajstić information content (AvgIpc) is 2.74. The fourth-order valence-corrected chi connectivity index (χ4v) is 3.85. The molecule has 1 aliphatic rings. The molecule has 0 saturated carbocycles. The van der Waals surface area contributed by atoms with Gasteiger partial charge in [-0.25, -0.2) is 0 Å². The number of benzene rings is 2. The number of carbonyl (C=O) groups is 1. The van der Waals surface area contributed by atoms with Crippen LogP contribution in [0.5, 0.6) is 5.75 Å². The van der Waals surface area contributed by atoms with E-state index in [1.165, 1.54) is 25.7 Å². The van der Waals surface area contributed by atoms with E-state index in [1.54, 1.807) is 6.08 Å². The Morgan fingerprint density at radius 3 is 2.52 bits per heavy atom. The topological polar surface area (TPSA) is 41.6 Å². The Labute approximate surface area is 174 Å². The van der Waals surface area contributed by atoms with E-state index < -0.39 is 5.66 Å². The lowest BCUT2D eigenvalue weighted by Gasteiger charge is -2.46. The van der Waals surface area contributed by atoms with Crippen molar-refractivity contribution >= 4 is 11.6 Å². The number of anilines is 1. The van der Waals surface area contributed by atoms with E-state index in [2.05, 4.69) is 18.8 Å². The maximum atomic E-state index is 13.1. The van der Waals surface area contributed by atoms with Gasteiger partial charge in [-0.2, -0.15) is 0 Å². The number of carbonyl (C=O) groups excluding carboxylic acids is 1. The van der Waals surface area contributed by atoms with E-state index in [4.69, 9.17) is 4.74 Å². The first-order chi connectivity index (χ1) is 14.1. The van der Waals surface area contributed by atoms with Crippen LogP contribution in [0.3, 0.4) is 0 Å². The van der Waals surface area contributed by atoms with E-state index >= 15 is 0 Å². The Kier molecular flexibility index (Phi) is 6.97. The second-order valence-corrected chi connectivity index (χ2v) is 7.73. The number of rotatable bonds is 10. The number of ether oxygens (including phenoxy) is 1. The Balaban J connectivity index is 1.74. The van der Waals surface area contributed by atoms with E-state index in [-0.39, 0.29) is 5.91 Å². The van der Waals surface area contributed by atoms with Crippen molar-refractivity contribution in [3.63, 3.8) is 0 Å². The van der Waals surface area contributed by atoms with Crippen molar-refractivity contribution in [1.29, 1.82) is 0 Å². The van der Waals surface area contributed by atoms with E-state index in [1.807, 2.05) is 60.4 Å². The highest BCUT2D eigenvalue weighted by molar-refractivity contribution is 6.02. The zero-order valence-electron chi connectivity index (χ0n) is 17.6. The van der Waals surface area contributed by atoms with Crippen LogP contribution in [0.2, 0.25) is 0 Å². The van der Waals surface area contributed by atoms with Crippen molar-refractivity contribution < 1.29 is 9.53 Å². The first-order valence-corrected chi connectivity index (χ1v) is 10.6. The Morgan fingerprint density at radius 2 is 1.79 bits per heavy atom. The predicted octanol–water partition coefficient (Wildman–Crippen LogP) is 5.96. The number of fused-ring (bicyclic) bond motifs is 1. The van der Waals surface area contributed by atoms with Gasteiger partial charge in [0, 0.05) is 12.2 Å². The normalized spacial score (nSPS) is 18.1. The van der Waals surface area contributed by atoms with Gasteiger partial charge in [0.15, 0.2) is 0 Å². The zero-order valence-corrected chi connectivity index (χ0v) is 17.6. The molecule has 0 saturated heterocycles. The van der Waals surface area contributed by atoms with Crippen molar-refractivity contribution in [2.75, 3.05) is 18.5 Å². The fourth-order valence-electron chi connectivity index (χ4n) is 3.85. The highest BCUT2D eigenvalue weighted by Crippen LogP contribution is 2.38. The first kappa shape index (κ1) is 21.0. The van der Waals surface area contributed by atoms with Crippen LogP contribution < -0.4 is 10.1 Å². The van der Waals surface area contributed by atoms with Gasteiger partial charge in [0.2, 0.25) is 0 Å². The molecule has 1 amide bonds. The van der Waals surface area contributed by atoms with Crippen LogP contribution in [-0.4, -0.2) is 24.0 Å². The van der Waals surface area contributed by atoms with Crippen LogP contribution in [0.1, 0.15) is 61.9 Å². The van der Waals surface area contributed by atoms with Crippen LogP contribution in [0, 0.1) is 0 Å². The largest absolute Gasteiger partial charge is 0.494 e. The predicted molar refractivity (Wildman–Crippen MR) is 119 cm³/mol. The van der Waals surface area contributed by atoms with Gasteiger partial charge >= 0.3 is 0 Å². The summed E-state index contributed by atoms with van der Waals surface area (Å²) in [6, 6.07) is 15.7. The van der Waals surface area contributed by atoms with Gasteiger partial charge in [-0.1, -0.05) is 62.9 Å². The third-order valence-corrected chi connectivity index (χ3v) is 5.57. The molecule has 0 radical (unpaired) electrons. The molecule has 0 fully saturated rings. The maximum Gasteiger partial charge on any atom is 0.258 e. The van der Waals surface area contributed by atoms with Gasteiger partial charge in [0.05, 0.1) is 12.2 Å². The summed E-state index contributed by atoms with van der Waals surface area (Å²) in [7, 11) is 0. The molecular weight excluding hydrogens is 360 g/mol. The summed E-state index contributed by atoms with van der Waals surface area (Å²) in [5, 5.41) is 3.56. The second kappa shape index (κ2) is 9.64. The zero-order chi connectivity index (χ0) is 20.7. The molecule has 1 aliphatic heterocycles. The quantitative estimate of drug-likeness (QED) is 0.400. The van der Waals surface area contributed by atoms with Crippen molar-refractivity contribution in [1.82, 2.24) is 4.90 Å². The summed E-state index contributed by atoms with van der Waals surface area (Å²) in [4.78, 5) is 15.0. The van der Waals surface area contributed by atoms with E-state index in [0.717, 1.165) is 30.0 Å². The molecule has 1 unspecified atom stereocenters. The van der Waals surface area contributed by atoms with Gasteiger partial charge in [-0.05, 0) is 43.2 Å². The SMILES string of the molecule is C=CCN1C(=O)c2ccccc2NC1(C)c1ccc(OCCCCCCC)cc1. The maximum absolute atomic E-state index is 13.1. The van der Waals surface area contributed by atoms with Gasteiger partial charge < -0.3 is 15.0 Å². The summed E-state index contributed by atoms with van der Waals surface area (Å²) in [6.07, 6.45) is 7.89. The van der Waals surface area contributed by atoms with Crippen molar-refractivity contribution in [2.24, 2.45) is 0 Å². The van der Waals surface area contributed by atoms with E-state index in [0.29, 0.717) is 12.1 Å². The molecule has 154 valence electrons. The summed E-state index contributed by atoms with van der Waals surface area (Å²) in [6.45, 7) is 9.31. The lowest BCUT2D eigenvalue weighted by atomic mass is 9.93.